The van der Waals surface area contributed by atoms with Crippen LogP contribution in [-0.4, -0.2) is 70.3 Å². The Hall–Kier alpha value is -4.37. The number of rotatable bonds is 12. The molecule has 3 N–H and O–H groups in total. The van der Waals surface area contributed by atoms with Crippen molar-refractivity contribution in [3.8, 4) is 28.5 Å². The number of alkyl carbamates (subject to hydrolysis) is 1. The fraction of sp³-hybridized carbons (Fsp3) is 0.382. The van der Waals surface area contributed by atoms with Crippen LogP contribution in [0, 0.1) is 0 Å². The van der Waals surface area contributed by atoms with Crippen LogP contribution in [0.15, 0.2) is 60.7 Å². The van der Waals surface area contributed by atoms with E-state index in [2.05, 4.69) is 76.7 Å². The lowest BCUT2D eigenvalue weighted by Gasteiger charge is -2.19. The van der Waals surface area contributed by atoms with Gasteiger partial charge in [-0.3, -0.25) is 0 Å². The van der Waals surface area contributed by atoms with Crippen LogP contribution in [0.25, 0.3) is 44.8 Å². The Morgan fingerprint density at radius 3 is 2.09 bits per heavy atom. The molecular formula is C34H42N6O3. The predicted molar refractivity (Wildman–Crippen MR) is 172 cm³/mol. The molecule has 3 aromatic carbocycles. The van der Waals surface area contributed by atoms with Gasteiger partial charge in [-0.05, 0) is 90.4 Å². The van der Waals surface area contributed by atoms with Gasteiger partial charge in [-0.1, -0.05) is 30.3 Å². The van der Waals surface area contributed by atoms with E-state index >= 15 is 0 Å². The largest absolute Gasteiger partial charge is 0.493 e. The number of aromatic amines is 2. The molecule has 43 heavy (non-hydrogen) atoms. The maximum absolute atomic E-state index is 11.8. The average molecular weight is 583 g/mol. The van der Waals surface area contributed by atoms with Crippen molar-refractivity contribution in [3.05, 3.63) is 66.2 Å². The molecule has 2 heterocycles. The third-order valence-corrected chi connectivity index (χ3v) is 7.01. The third-order valence-electron chi connectivity index (χ3n) is 7.01. The average Bonchev–Trinajstić information content (AvgIpc) is 3.58. The fourth-order valence-electron chi connectivity index (χ4n) is 4.88. The summed E-state index contributed by atoms with van der Waals surface area (Å²) in [6.45, 7) is 7.87. The molecule has 0 bridgehead atoms. The lowest BCUT2D eigenvalue weighted by molar-refractivity contribution is 0.0527. The van der Waals surface area contributed by atoms with Gasteiger partial charge in [0.2, 0.25) is 0 Å². The third kappa shape index (κ3) is 8.35. The molecule has 5 rings (SSSR count). The molecule has 1 amide bonds. The Kier molecular flexibility index (Phi) is 9.31. The number of hydrogen-bond acceptors (Lipinski definition) is 6. The molecule has 0 unspecified atom stereocenters. The summed E-state index contributed by atoms with van der Waals surface area (Å²) in [7, 11) is 4.13. The van der Waals surface area contributed by atoms with Crippen molar-refractivity contribution < 1.29 is 14.3 Å². The molecule has 226 valence electrons. The number of nitrogens with zero attached hydrogens (tertiary/aromatic N) is 3. The number of carbonyl (C=O) groups excluding carboxylic acids is 1. The van der Waals surface area contributed by atoms with Crippen LogP contribution in [0.4, 0.5) is 4.79 Å². The molecule has 0 saturated heterocycles. The van der Waals surface area contributed by atoms with Crippen molar-refractivity contribution in [3.63, 3.8) is 0 Å². The monoisotopic (exact) mass is 582 g/mol. The smallest absolute Gasteiger partial charge is 0.407 e. The lowest BCUT2D eigenvalue weighted by atomic mass is 10.1. The molecule has 0 saturated carbocycles. The topological polar surface area (TPSA) is 108 Å². The van der Waals surface area contributed by atoms with Gasteiger partial charge in [0.25, 0.3) is 0 Å². The number of ether oxygens (including phenoxy) is 2. The quantitative estimate of drug-likeness (QED) is 0.137. The van der Waals surface area contributed by atoms with Gasteiger partial charge >= 0.3 is 6.09 Å². The molecule has 2 aromatic heterocycles. The summed E-state index contributed by atoms with van der Waals surface area (Å²) in [5.74, 6) is 2.50. The number of carbonyl (C=O) groups is 1. The second kappa shape index (κ2) is 13.3. The summed E-state index contributed by atoms with van der Waals surface area (Å²) < 4.78 is 11.2. The van der Waals surface area contributed by atoms with Gasteiger partial charge < -0.3 is 29.7 Å². The number of H-pyrrole nitrogens is 2. The van der Waals surface area contributed by atoms with Crippen LogP contribution in [0.1, 0.15) is 45.6 Å². The number of unbranched alkanes of at least 4 members (excludes halogenated alkanes) is 1. The molecule has 9 nitrogen and oxygen atoms in total. The van der Waals surface area contributed by atoms with Gasteiger partial charge in [0, 0.05) is 30.3 Å². The van der Waals surface area contributed by atoms with E-state index in [0.717, 1.165) is 82.8 Å². The van der Waals surface area contributed by atoms with Crippen LogP contribution in [0.5, 0.6) is 5.75 Å². The molecule has 0 aliphatic rings. The number of amides is 1. The minimum absolute atomic E-state index is 0.365. The molecule has 0 radical (unpaired) electrons. The zero-order chi connectivity index (χ0) is 30.4. The number of hydrogen-bond donors (Lipinski definition) is 3. The second-order valence-corrected chi connectivity index (χ2v) is 12.2. The minimum atomic E-state index is -0.481. The zero-order valence-electron chi connectivity index (χ0n) is 25.8. The Morgan fingerprint density at radius 1 is 0.837 bits per heavy atom. The van der Waals surface area contributed by atoms with Crippen molar-refractivity contribution in [1.29, 1.82) is 0 Å². The highest BCUT2D eigenvalue weighted by atomic mass is 16.6. The summed E-state index contributed by atoms with van der Waals surface area (Å²) in [6.07, 6.45) is 3.40. The van der Waals surface area contributed by atoms with Gasteiger partial charge in [0.1, 0.15) is 23.0 Å². The number of fused-ring (bicyclic) bond motifs is 2. The van der Waals surface area contributed by atoms with E-state index in [9.17, 15) is 4.79 Å². The van der Waals surface area contributed by atoms with Gasteiger partial charge in [-0.15, -0.1) is 0 Å². The summed E-state index contributed by atoms with van der Waals surface area (Å²) in [5, 5.41) is 2.82. The van der Waals surface area contributed by atoms with Gasteiger partial charge in [-0.25, -0.2) is 14.8 Å². The normalized spacial score (nSPS) is 11.9. The molecule has 0 atom stereocenters. The Morgan fingerprint density at radius 2 is 1.47 bits per heavy atom. The molecule has 0 aliphatic carbocycles. The summed E-state index contributed by atoms with van der Waals surface area (Å²) >= 11 is 0. The summed E-state index contributed by atoms with van der Waals surface area (Å²) in [6, 6.07) is 20.6. The summed E-state index contributed by atoms with van der Waals surface area (Å²) in [4.78, 5) is 30.5. The number of benzene rings is 3. The predicted octanol–water partition coefficient (Wildman–Crippen LogP) is 6.95. The highest BCUT2D eigenvalue weighted by molar-refractivity contribution is 5.82. The van der Waals surface area contributed by atoms with E-state index < -0.39 is 5.60 Å². The maximum atomic E-state index is 11.8. The lowest BCUT2D eigenvalue weighted by Crippen LogP contribution is -2.33. The first-order valence-corrected chi connectivity index (χ1v) is 15.0. The standard InChI is InChI=1S/C34H42N6O3/c1-34(2,3)43-33(41)35-18-7-6-9-23-10-16-27-29(21-23)38-31(36-27)24-11-13-25(14-12-24)32-37-28-17-15-26(22-30(28)39-32)42-20-8-19-40(4)5/h10-17,21-22H,6-9,18-20H2,1-5H3,(H,35,41)(H,36,38)(H,37,39). The van der Waals surface area contributed by atoms with Gasteiger partial charge in [-0.2, -0.15) is 0 Å². The van der Waals surface area contributed by atoms with E-state index in [-0.39, 0.29) is 6.09 Å². The van der Waals surface area contributed by atoms with Gasteiger partial charge in [0.15, 0.2) is 0 Å². The first-order chi connectivity index (χ1) is 20.6. The van der Waals surface area contributed by atoms with Crippen LogP contribution < -0.4 is 10.1 Å². The van der Waals surface area contributed by atoms with Crippen molar-refractivity contribution >= 4 is 28.2 Å². The van der Waals surface area contributed by atoms with E-state index in [0.29, 0.717) is 13.2 Å². The van der Waals surface area contributed by atoms with Gasteiger partial charge in [0.05, 0.1) is 28.7 Å². The Balaban J connectivity index is 1.17. The highest BCUT2D eigenvalue weighted by Gasteiger charge is 2.15. The summed E-state index contributed by atoms with van der Waals surface area (Å²) in [5.41, 5.74) is 6.59. The van der Waals surface area contributed by atoms with Crippen molar-refractivity contribution in [2.75, 3.05) is 33.8 Å². The first kappa shape index (κ1) is 30.1. The molecule has 9 heteroatoms. The molecular weight excluding hydrogens is 540 g/mol. The van der Waals surface area contributed by atoms with Crippen LogP contribution in [0.3, 0.4) is 0 Å². The fourth-order valence-corrected chi connectivity index (χ4v) is 4.88. The minimum Gasteiger partial charge on any atom is -0.493 e. The molecule has 5 aromatic rings. The second-order valence-electron chi connectivity index (χ2n) is 12.2. The van der Waals surface area contributed by atoms with Crippen LogP contribution >= 0.6 is 0 Å². The van der Waals surface area contributed by atoms with Crippen LogP contribution in [-0.2, 0) is 11.2 Å². The van der Waals surface area contributed by atoms with Crippen LogP contribution in [0.2, 0.25) is 0 Å². The molecule has 0 aliphatic heterocycles. The number of nitrogens with one attached hydrogen (secondary N) is 3. The number of aromatic nitrogens is 4. The molecule has 0 fully saturated rings. The molecule has 0 spiro atoms. The van der Waals surface area contributed by atoms with E-state index in [1.165, 1.54) is 5.56 Å². The number of aryl methyl sites for hydroxylation is 1. The Bertz CT molecular complexity index is 1660. The van der Waals surface area contributed by atoms with Crippen molar-refractivity contribution in [2.45, 2.75) is 52.1 Å². The van der Waals surface area contributed by atoms with E-state index in [1.54, 1.807) is 0 Å². The van der Waals surface area contributed by atoms with E-state index in [1.807, 2.05) is 39.0 Å². The highest BCUT2D eigenvalue weighted by Crippen LogP contribution is 2.27. The maximum Gasteiger partial charge on any atom is 0.407 e. The Labute approximate surface area is 253 Å². The van der Waals surface area contributed by atoms with Crippen molar-refractivity contribution in [1.82, 2.24) is 30.2 Å². The zero-order valence-corrected chi connectivity index (χ0v) is 25.8. The first-order valence-electron chi connectivity index (χ1n) is 15.0. The van der Waals surface area contributed by atoms with Crippen molar-refractivity contribution in [2.24, 2.45) is 0 Å². The van der Waals surface area contributed by atoms with E-state index in [4.69, 9.17) is 19.4 Å². The SMILES string of the molecule is CN(C)CCCOc1ccc2nc(-c3ccc(-c4nc5ccc(CCCCNC(=O)OC(C)(C)C)cc5[nH]4)cc3)[nH]c2c1. The number of imidazole rings is 2.